The van der Waals surface area contributed by atoms with E-state index in [2.05, 4.69) is 17.6 Å². The molecule has 0 aromatic heterocycles. The lowest BCUT2D eigenvalue weighted by Gasteiger charge is -2.32. The van der Waals surface area contributed by atoms with Crippen molar-refractivity contribution < 1.29 is 0 Å². The Kier molecular flexibility index (Phi) is 3.82. The van der Waals surface area contributed by atoms with Gasteiger partial charge in [0.2, 0.25) is 0 Å². The smallest absolute Gasteiger partial charge is 0.00727 e. The Morgan fingerprint density at radius 1 is 1.21 bits per heavy atom. The second-order valence-corrected chi connectivity index (χ2v) is 5.23. The third-order valence-electron chi connectivity index (χ3n) is 3.77. The molecular weight excluding hydrogens is 172 g/mol. The van der Waals surface area contributed by atoms with Crippen molar-refractivity contribution in [2.45, 2.75) is 45.1 Å². The van der Waals surface area contributed by atoms with Crippen LogP contribution in [0.25, 0.3) is 0 Å². The molecule has 0 bridgehead atoms. The zero-order chi connectivity index (χ0) is 9.80. The number of hydrogen-bond acceptors (Lipinski definition) is 2. The fraction of sp³-hybridized carbons (Fsp3) is 1.00. The molecule has 2 aliphatic heterocycles. The van der Waals surface area contributed by atoms with Gasteiger partial charge in [0.25, 0.3) is 0 Å². The molecule has 14 heavy (non-hydrogen) atoms. The second-order valence-electron chi connectivity index (χ2n) is 5.23. The molecule has 0 spiro atoms. The minimum Gasteiger partial charge on any atom is -0.316 e. The van der Waals surface area contributed by atoms with Crippen molar-refractivity contribution in [3.05, 3.63) is 0 Å². The normalized spacial score (nSPS) is 39.6. The van der Waals surface area contributed by atoms with E-state index in [1.54, 1.807) is 0 Å². The maximum atomic E-state index is 3.67. The first kappa shape index (κ1) is 10.4. The molecule has 0 aliphatic carbocycles. The fourth-order valence-electron chi connectivity index (χ4n) is 2.93. The molecular formula is C12H24N2. The molecule has 2 N–H and O–H groups in total. The van der Waals surface area contributed by atoms with Crippen molar-refractivity contribution in [1.29, 1.82) is 0 Å². The average Bonchev–Trinajstić information content (AvgIpc) is 2.19. The molecule has 3 atom stereocenters. The summed E-state index contributed by atoms with van der Waals surface area (Å²) in [5.41, 5.74) is 0. The standard InChI is InChI=1S/C12H24N2/c1-10-4-6-14-12(7-10)8-11-3-2-5-13-9-11/h10-14H,2-9H2,1H3/t10-,11-,12?/m0/s1. The Bertz CT molecular complexity index is 164. The van der Waals surface area contributed by atoms with E-state index in [1.807, 2.05) is 0 Å². The molecule has 2 saturated heterocycles. The van der Waals surface area contributed by atoms with Crippen LogP contribution in [0.1, 0.15) is 39.0 Å². The third kappa shape index (κ3) is 2.96. The minimum absolute atomic E-state index is 0.809. The summed E-state index contributed by atoms with van der Waals surface area (Å²) in [5.74, 6) is 1.88. The Balaban J connectivity index is 1.72. The summed E-state index contributed by atoms with van der Waals surface area (Å²) >= 11 is 0. The highest BCUT2D eigenvalue weighted by atomic mass is 14.9. The zero-order valence-electron chi connectivity index (χ0n) is 9.39. The molecule has 1 unspecified atom stereocenters. The monoisotopic (exact) mass is 196 g/mol. The number of hydrogen-bond donors (Lipinski definition) is 2. The largest absolute Gasteiger partial charge is 0.316 e. The summed E-state index contributed by atoms with van der Waals surface area (Å²) in [6.07, 6.45) is 7.00. The summed E-state index contributed by atoms with van der Waals surface area (Å²) in [6, 6.07) is 0.809. The molecule has 0 radical (unpaired) electrons. The van der Waals surface area contributed by atoms with Crippen LogP contribution in [0.3, 0.4) is 0 Å². The predicted octanol–water partition coefficient (Wildman–Crippen LogP) is 1.76. The van der Waals surface area contributed by atoms with Crippen molar-refractivity contribution in [1.82, 2.24) is 10.6 Å². The van der Waals surface area contributed by atoms with Crippen LogP contribution in [-0.4, -0.2) is 25.7 Å². The van der Waals surface area contributed by atoms with Crippen LogP contribution in [-0.2, 0) is 0 Å². The predicted molar refractivity (Wildman–Crippen MR) is 60.4 cm³/mol. The summed E-state index contributed by atoms with van der Waals surface area (Å²) in [4.78, 5) is 0. The summed E-state index contributed by atoms with van der Waals surface area (Å²) < 4.78 is 0. The van der Waals surface area contributed by atoms with Crippen LogP contribution in [0.5, 0.6) is 0 Å². The van der Waals surface area contributed by atoms with Gasteiger partial charge >= 0.3 is 0 Å². The van der Waals surface area contributed by atoms with Crippen molar-refractivity contribution in [2.24, 2.45) is 11.8 Å². The van der Waals surface area contributed by atoms with Crippen LogP contribution < -0.4 is 10.6 Å². The summed E-state index contributed by atoms with van der Waals surface area (Å²) in [6.45, 7) is 6.14. The zero-order valence-corrected chi connectivity index (χ0v) is 9.39. The molecule has 2 aliphatic rings. The Morgan fingerprint density at radius 2 is 2.14 bits per heavy atom. The Hall–Kier alpha value is -0.0800. The molecule has 2 heterocycles. The van der Waals surface area contributed by atoms with E-state index >= 15 is 0 Å². The van der Waals surface area contributed by atoms with Gasteiger partial charge in [-0.25, -0.2) is 0 Å². The topological polar surface area (TPSA) is 24.1 Å². The van der Waals surface area contributed by atoms with Gasteiger partial charge in [-0.15, -0.1) is 0 Å². The van der Waals surface area contributed by atoms with E-state index in [0.717, 1.165) is 17.9 Å². The molecule has 2 rings (SSSR count). The average molecular weight is 196 g/mol. The van der Waals surface area contributed by atoms with Gasteiger partial charge < -0.3 is 10.6 Å². The summed E-state index contributed by atoms with van der Waals surface area (Å²) in [5, 5.41) is 7.18. The lowest BCUT2D eigenvalue weighted by molar-refractivity contribution is 0.252. The number of piperidine rings is 2. The number of nitrogens with one attached hydrogen (secondary N) is 2. The molecule has 0 amide bonds. The van der Waals surface area contributed by atoms with Crippen LogP contribution in [0.2, 0.25) is 0 Å². The van der Waals surface area contributed by atoms with E-state index in [-0.39, 0.29) is 0 Å². The Labute approximate surface area is 87.8 Å². The summed E-state index contributed by atoms with van der Waals surface area (Å²) in [7, 11) is 0. The van der Waals surface area contributed by atoms with Gasteiger partial charge in [-0.2, -0.15) is 0 Å². The van der Waals surface area contributed by atoms with Gasteiger partial charge in [0, 0.05) is 6.04 Å². The quantitative estimate of drug-likeness (QED) is 0.703. The fourth-order valence-corrected chi connectivity index (χ4v) is 2.93. The van der Waals surface area contributed by atoms with E-state index < -0.39 is 0 Å². The van der Waals surface area contributed by atoms with E-state index in [4.69, 9.17) is 0 Å². The van der Waals surface area contributed by atoms with E-state index in [1.165, 1.54) is 51.7 Å². The first-order valence-corrected chi connectivity index (χ1v) is 6.28. The van der Waals surface area contributed by atoms with Crippen molar-refractivity contribution in [2.75, 3.05) is 19.6 Å². The number of rotatable bonds is 2. The highest BCUT2D eigenvalue weighted by Gasteiger charge is 2.22. The minimum atomic E-state index is 0.809. The second kappa shape index (κ2) is 5.13. The van der Waals surface area contributed by atoms with Crippen LogP contribution in [0.15, 0.2) is 0 Å². The molecule has 82 valence electrons. The van der Waals surface area contributed by atoms with Gasteiger partial charge in [-0.1, -0.05) is 6.92 Å². The van der Waals surface area contributed by atoms with Crippen LogP contribution in [0.4, 0.5) is 0 Å². The highest BCUT2D eigenvalue weighted by Crippen LogP contribution is 2.23. The molecule has 2 heteroatoms. The maximum absolute atomic E-state index is 3.67. The van der Waals surface area contributed by atoms with Gasteiger partial charge in [0.05, 0.1) is 0 Å². The van der Waals surface area contributed by atoms with E-state index in [9.17, 15) is 0 Å². The van der Waals surface area contributed by atoms with Crippen molar-refractivity contribution in [3.8, 4) is 0 Å². The maximum Gasteiger partial charge on any atom is 0.00727 e. The first-order valence-electron chi connectivity index (χ1n) is 6.28. The third-order valence-corrected chi connectivity index (χ3v) is 3.77. The van der Waals surface area contributed by atoms with Gasteiger partial charge in [0.1, 0.15) is 0 Å². The molecule has 0 aromatic rings. The lowest BCUT2D eigenvalue weighted by atomic mass is 9.86. The molecule has 2 nitrogen and oxygen atoms in total. The van der Waals surface area contributed by atoms with Crippen LogP contribution >= 0.6 is 0 Å². The lowest BCUT2D eigenvalue weighted by Crippen LogP contribution is -2.41. The van der Waals surface area contributed by atoms with Crippen molar-refractivity contribution >= 4 is 0 Å². The Morgan fingerprint density at radius 3 is 2.86 bits per heavy atom. The van der Waals surface area contributed by atoms with Gasteiger partial charge in [-0.05, 0) is 63.6 Å². The highest BCUT2D eigenvalue weighted by molar-refractivity contribution is 4.81. The van der Waals surface area contributed by atoms with Gasteiger partial charge in [0.15, 0.2) is 0 Å². The SMILES string of the molecule is C[C@H]1CCNC(C[C@@H]2CCCNC2)C1. The molecule has 0 saturated carbocycles. The van der Waals surface area contributed by atoms with Crippen molar-refractivity contribution in [3.63, 3.8) is 0 Å². The van der Waals surface area contributed by atoms with Gasteiger partial charge in [-0.3, -0.25) is 0 Å². The van der Waals surface area contributed by atoms with E-state index in [0.29, 0.717) is 0 Å². The molecule has 0 aromatic carbocycles. The molecule has 2 fully saturated rings. The first-order chi connectivity index (χ1) is 6.84. The van der Waals surface area contributed by atoms with Crippen LogP contribution in [0, 0.1) is 11.8 Å².